The zero-order chi connectivity index (χ0) is 13.7. The summed E-state index contributed by atoms with van der Waals surface area (Å²) in [5, 5.41) is 8.84. The van der Waals surface area contributed by atoms with Crippen LogP contribution in [0.3, 0.4) is 0 Å². The van der Waals surface area contributed by atoms with Gasteiger partial charge in [-0.25, -0.2) is 0 Å². The van der Waals surface area contributed by atoms with Gasteiger partial charge in [0, 0.05) is 0 Å². The number of amides is 1. The highest BCUT2D eigenvalue weighted by Crippen LogP contribution is 2.21. The summed E-state index contributed by atoms with van der Waals surface area (Å²) < 4.78 is 0. The predicted molar refractivity (Wildman–Crippen MR) is 68.4 cm³/mol. The van der Waals surface area contributed by atoms with Gasteiger partial charge >= 0.3 is 5.97 Å². The van der Waals surface area contributed by atoms with E-state index in [0.717, 1.165) is 5.56 Å². The van der Waals surface area contributed by atoms with Crippen molar-refractivity contribution in [1.82, 2.24) is 0 Å². The topological polar surface area (TPSA) is 83.6 Å². The van der Waals surface area contributed by atoms with Crippen molar-refractivity contribution < 1.29 is 14.7 Å². The monoisotopic (exact) mass is 246 g/mol. The number of hydrogen-bond donors (Lipinski definition) is 2. The molecule has 18 heavy (non-hydrogen) atoms. The maximum Gasteiger partial charge on any atom is 0.323 e. The lowest BCUT2D eigenvalue weighted by atomic mass is 10.1. The van der Waals surface area contributed by atoms with Gasteiger partial charge in [0.2, 0.25) is 0 Å². The number of nitrogens with two attached hydrogens (primary N) is 1. The van der Waals surface area contributed by atoms with Crippen molar-refractivity contribution in [3.8, 4) is 12.3 Å². The van der Waals surface area contributed by atoms with E-state index in [-0.39, 0.29) is 18.7 Å². The molecule has 0 unspecified atom stereocenters. The highest BCUT2D eigenvalue weighted by molar-refractivity contribution is 5.99. The van der Waals surface area contributed by atoms with Gasteiger partial charge in [0.1, 0.15) is 6.54 Å². The highest BCUT2D eigenvalue weighted by Gasteiger charge is 2.16. The molecule has 0 radical (unpaired) electrons. The lowest BCUT2D eigenvalue weighted by Crippen LogP contribution is -2.32. The Morgan fingerprint density at radius 2 is 2.17 bits per heavy atom. The molecule has 0 aliphatic heterocycles. The predicted octanol–water partition coefficient (Wildman–Crippen LogP) is 0.618. The van der Waals surface area contributed by atoms with Crippen LogP contribution < -0.4 is 10.6 Å². The third-order valence-corrected chi connectivity index (χ3v) is 2.37. The fourth-order valence-corrected chi connectivity index (χ4v) is 1.61. The summed E-state index contributed by atoms with van der Waals surface area (Å²) in [5.41, 5.74) is 6.86. The smallest absolute Gasteiger partial charge is 0.323 e. The average Bonchev–Trinajstić information content (AvgIpc) is 2.27. The maximum absolute atomic E-state index is 11.3. The first-order chi connectivity index (χ1) is 8.45. The second kappa shape index (κ2) is 5.73. The van der Waals surface area contributed by atoms with E-state index in [1.165, 1.54) is 4.90 Å². The second-order valence-electron chi connectivity index (χ2n) is 3.84. The minimum atomic E-state index is -1.03. The van der Waals surface area contributed by atoms with Crippen LogP contribution in [0.4, 0.5) is 5.69 Å². The summed E-state index contributed by atoms with van der Waals surface area (Å²) in [7, 11) is 0. The summed E-state index contributed by atoms with van der Waals surface area (Å²) in [6.07, 6.45) is 5.21. The van der Waals surface area contributed by atoms with Crippen LogP contribution in [0.1, 0.15) is 15.9 Å². The number of aryl methyl sites for hydroxylation is 1. The van der Waals surface area contributed by atoms with Crippen LogP contribution >= 0.6 is 0 Å². The van der Waals surface area contributed by atoms with E-state index in [1.54, 1.807) is 18.2 Å². The fourth-order valence-electron chi connectivity index (χ4n) is 1.61. The molecule has 0 spiro atoms. The molecule has 1 rings (SSSR count). The Bertz CT molecular complexity index is 517. The molecule has 0 atom stereocenters. The molecule has 5 nitrogen and oxygen atoms in total. The third kappa shape index (κ3) is 3.25. The van der Waals surface area contributed by atoms with Crippen molar-refractivity contribution in [2.75, 3.05) is 18.0 Å². The van der Waals surface area contributed by atoms with E-state index in [4.69, 9.17) is 17.3 Å². The first-order valence-corrected chi connectivity index (χ1v) is 5.26. The number of benzene rings is 1. The number of rotatable bonds is 5. The fraction of sp³-hybridized carbons (Fsp3) is 0.231. The lowest BCUT2D eigenvalue weighted by molar-refractivity contribution is -0.135. The largest absolute Gasteiger partial charge is 0.480 e. The number of carbonyl (C=O) groups excluding carboxylic acids is 1. The highest BCUT2D eigenvalue weighted by atomic mass is 16.4. The molecule has 1 amide bonds. The average molecular weight is 246 g/mol. The summed E-state index contributed by atoms with van der Waals surface area (Å²) in [4.78, 5) is 23.5. The van der Waals surface area contributed by atoms with Gasteiger partial charge in [-0.1, -0.05) is 12.0 Å². The summed E-state index contributed by atoms with van der Waals surface area (Å²) in [6.45, 7) is 1.65. The number of anilines is 1. The Kier molecular flexibility index (Phi) is 4.33. The molecule has 0 aliphatic carbocycles. The molecule has 1 aromatic carbocycles. The van der Waals surface area contributed by atoms with Crippen molar-refractivity contribution >= 4 is 17.6 Å². The first-order valence-electron chi connectivity index (χ1n) is 5.26. The number of carboxylic acids is 1. The van der Waals surface area contributed by atoms with Crippen LogP contribution in [0.2, 0.25) is 0 Å². The number of nitrogens with zero attached hydrogens (tertiary/aromatic N) is 1. The molecule has 94 valence electrons. The molecule has 0 heterocycles. The second-order valence-corrected chi connectivity index (χ2v) is 3.84. The van der Waals surface area contributed by atoms with E-state index in [0.29, 0.717) is 5.69 Å². The van der Waals surface area contributed by atoms with Gasteiger partial charge in [-0.05, 0) is 24.6 Å². The van der Waals surface area contributed by atoms with E-state index in [9.17, 15) is 9.59 Å². The van der Waals surface area contributed by atoms with E-state index in [1.807, 2.05) is 6.92 Å². The number of hydrogen-bond acceptors (Lipinski definition) is 3. The summed E-state index contributed by atoms with van der Waals surface area (Å²) in [6, 6.07) is 5.00. The van der Waals surface area contributed by atoms with Crippen LogP contribution in [-0.2, 0) is 4.79 Å². The zero-order valence-electron chi connectivity index (χ0n) is 10.0. The summed E-state index contributed by atoms with van der Waals surface area (Å²) >= 11 is 0. The van der Waals surface area contributed by atoms with Crippen molar-refractivity contribution in [3.05, 3.63) is 29.3 Å². The number of terminal acetylenes is 1. The molecule has 0 saturated carbocycles. The van der Waals surface area contributed by atoms with E-state index in [2.05, 4.69) is 5.92 Å². The molecule has 0 aromatic heterocycles. The molecular formula is C13H14N2O3. The Labute approximate surface area is 105 Å². The Morgan fingerprint density at radius 3 is 2.67 bits per heavy atom. The van der Waals surface area contributed by atoms with Crippen LogP contribution in [0.5, 0.6) is 0 Å². The van der Waals surface area contributed by atoms with Gasteiger partial charge in [0.25, 0.3) is 5.91 Å². The Morgan fingerprint density at radius 1 is 1.50 bits per heavy atom. The standard InChI is InChI=1S/C13H14N2O3/c1-3-6-15(8-12(16)17)11-7-9(2)4-5-10(11)13(14)18/h1,4-5,7H,6,8H2,2H3,(H2,14,18)(H,16,17). The number of primary amides is 1. The van der Waals surface area contributed by atoms with Crippen molar-refractivity contribution in [1.29, 1.82) is 0 Å². The Hall–Kier alpha value is -2.48. The molecule has 3 N–H and O–H groups in total. The van der Waals surface area contributed by atoms with Crippen LogP contribution in [0.25, 0.3) is 0 Å². The molecular weight excluding hydrogens is 232 g/mol. The number of aliphatic carboxylic acids is 1. The van der Waals surface area contributed by atoms with Crippen molar-refractivity contribution in [2.45, 2.75) is 6.92 Å². The molecule has 1 aromatic rings. The molecule has 0 fully saturated rings. The van der Waals surface area contributed by atoms with Gasteiger partial charge in [0.15, 0.2) is 0 Å². The maximum atomic E-state index is 11.3. The minimum Gasteiger partial charge on any atom is -0.480 e. The quantitative estimate of drug-likeness (QED) is 0.746. The van der Waals surface area contributed by atoms with Gasteiger partial charge in [0.05, 0.1) is 17.8 Å². The van der Waals surface area contributed by atoms with Gasteiger partial charge in [-0.15, -0.1) is 6.42 Å². The van der Waals surface area contributed by atoms with E-state index >= 15 is 0 Å². The first kappa shape index (κ1) is 13.6. The molecule has 5 heteroatoms. The molecule has 0 saturated heterocycles. The van der Waals surface area contributed by atoms with Crippen LogP contribution in [0, 0.1) is 19.3 Å². The van der Waals surface area contributed by atoms with Gasteiger partial charge in [-0.2, -0.15) is 0 Å². The molecule has 0 bridgehead atoms. The summed E-state index contributed by atoms with van der Waals surface area (Å²) in [5.74, 6) is 0.728. The number of carboxylic acid groups (broad SMARTS) is 1. The lowest BCUT2D eigenvalue weighted by Gasteiger charge is -2.22. The van der Waals surface area contributed by atoms with E-state index < -0.39 is 11.9 Å². The van der Waals surface area contributed by atoms with Crippen molar-refractivity contribution in [2.24, 2.45) is 5.73 Å². The number of carbonyl (C=O) groups is 2. The van der Waals surface area contributed by atoms with Crippen LogP contribution in [-0.4, -0.2) is 30.1 Å². The SMILES string of the molecule is C#CCN(CC(=O)O)c1cc(C)ccc1C(N)=O. The van der Waals surface area contributed by atoms with Crippen molar-refractivity contribution in [3.63, 3.8) is 0 Å². The van der Waals surface area contributed by atoms with Crippen LogP contribution in [0.15, 0.2) is 18.2 Å². The van der Waals surface area contributed by atoms with Gasteiger partial charge < -0.3 is 15.7 Å². The molecule has 0 aliphatic rings. The minimum absolute atomic E-state index is 0.0933. The normalized spacial score (nSPS) is 9.56. The zero-order valence-corrected chi connectivity index (χ0v) is 10.0. The third-order valence-electron chi connectivity index (χ3n) is 2.37. The van der Waals surface area contributed by atoms with Gasteiger partial charge in [-0.3, -0.25) is 9.59 Å². The Balaban J connectivity index is 3.25.